The minimum absolute atomic E-state index is 0.134. The normalized spacial score (nSPS) is 10.8. The Bertz CT molecular complexity index is 1010. The molecule has 4 rings (SSSR count). The van der Waals surface area contributed by atoms with Crippen LogP contribution in [-0.4, -0.2) is 27.2 Å². The van der Waals surface area contributed by atoms with Crippen LogP contribution in [0.25, 0.3) is 5.69 Å². The van der Waals surface area contributed by atoms with Gasteiger partial charge < -0.3 is 9.64 Å². The minimum atomic E-state index is -0.134. The van der Waals surface area contributed by atoms with Crippen molar-refractivity contribution in [3.8, 4) is 11.4 Å². The smallest absolute Gasteiger partial charge is 0.278 e. The largest absolute Gasteiger partial charge is 0.490 e. The van der Waals surface area contributed by atoms with Crippen molar-refractivity contribution < 1.29 is 9.53 Å². The van der Waals surface area contributed by atoms with Gasteiger partial charge in [0.15, 0.2) is 11.4 Å². The molecule has 1 aromatic carbocycles. The van der Waals surface area contributed by atoms with E-state index in [9.17, 15) is 4.79 Å². The second-order valence-electron chi connectivity index (χ2n) is 6.38. The van der Waals surface area contributed by atoms with Gasteiger partial charge in [-0.1, -0.05) is 30.3 Å². The van der Waals surface area contributed by atoms with E-state index < -0.39 is 0 Å². The third kappa shape index (κ3) is 4.58. The molecule has 0 bridgehead atoms. The van der Waals surface area contributed by atoms with Crippen molar-refractivity contribution in [2.45, 2.75) is 20.0 Å². The maximum atomic E-state index is 13.5. The third-order valence-electron chi connectivity index (χ3n) is 4.34. The zero-order valence-electron chi connectivity index (χ0n) is 16.0. The number of carbonyl (C=O) groups is 1. The molecule has 0 fully saturated rings. The summed E-state index contributed by atoms with van der Waals surface area (Å²) in [4.78, 5) is 17.6. The van der Waals surface area contributed by atoms with E-state index in [1.54, 1.807) is 33.6 Å². The highest BCUT2D eigenvalue weighted by Crippen LogP contribution is 2.25. The van der Waals surface area contributed by atoms with E-state index in [1.165, 1.54) is 0 Å². The van der Waals surface area contributed by atoms with E-state index in [2.05, 4.69) is 5.10 Å². The number of hydrogen-bond donors (Lipinski definition) is 0. The van der Waals surface area contributed by atoms with Gasteiger partial charge in [-0.3, -0.25) is 4.79 Å². The Morgan fingerprint density at radius 3 is 2.21 bits per heavy atom. The second-order valence-corrected chi connectivity index (χ2v) is 8.44. The van der Waals surface area contributed by atoms with Gasteiger partial charge in [-0.05, 0) is 41.9 Å². The lowest BCUT2D eigenvalue weighted by molar-refractivity contribution is 0.0723. The van der Waals surface area contributed by atoms with Crippen LogP contribution in [-0.2, 0) is 13.1 Å². The molecule has 0 aliphatic carbocycles. The minimum Gasteiger partial charge on any atom is -0.490 e. The van der Waals surface area contributed by atoms with Gasteiger partial charge in [0.05, 0.1) is 31.6 Å². The molecule has 148 valence electrons. The third-order valence-corrected chi connectivity index (χ3v) is 6.07. The first-order valence-electron chi connectivity index (χ1n) is 9.36. The number of ether oxygens (including phenoxy) is 1. The molecule has 1 amide bonds. The van der Waals surface area contributed by atoms with E-state index in [4.69, 9.17) is 4.74 Å². The molecule has 0 saturated carbocycles. The van der Waals surface area contributed by atoms with Crippen molar-refractivity contribution >= 4 is 28.6 Å². The van der Waals surface area contributed by atoms with Gasteiger partial charge in [-0.25, -0.2) is 4.68 Å². The van der Waals surface area contributed by atoms with Crippen molar-refractivity contribution in [1.29, 1.82) is 0 Å². The summed E-state index contributed by atoms with van der Waals surface area (Å²) in [6.07, 6.45) is 1.78. The number of para-hydroxylation sites is 1. The van der Waals surface area contributed by atoms with E-state index in [0.717, 1.165) is 15.4 Å². The van der Waals surface area contributed by atoms with Crippen LogP contribution in [0.4, 0.5) is 0 Å². The first-order chi connectivity index (χ1) is 14.2. The number of nitrogens with zero attached hydrogens (tertiary/aromatic N) is 3. The Kier molecular flexibility index (Phi) is 6.07. The van der Waals surface area contributed by atoms with Crippen LogP contribution >= 0.6 is 22.7 Å². The number of rotatable bonds is 8. The fraction of sp³-hybridized carbons (Fsp3) is 0.182. The molecule has 29 heavy (non-hydrogen) atoms. The first kappa shape index (κ1) is 19.4. The average molecular weight is 424 g/mol. The molecule has 0 radical (unpaired) electrons. The molecule has 0 atom stereocenters. The Morgan fingerprint density at radius 1 is 1.00 bits per heavy atom. The number of thiophene rings is 2. The Morgan fingerprint density at radius 2 is 1.66 bits per heavy atom. The fourth-order valence-electron chi connectivity index (χ4n) is 3.01. The van der Waals surface area contributed by atoms with Gasteiger partial charge in [0, 0.05) is 9.75 Å². The summed E-state index contributed by atoms with van der Waals surface area (Å²) < 4.78 is 7.46. The summed E-state index contributed by atoms with van der Waals surface area (Å²) in [5, 5.41) is 8.64. The Balaban J connectivity index is 1.67. The molecular weight excluding hydrogens is 402 g/mol. The molecule has 7 heteroatoms. The van der Waals surface area contributed by atoms with Crippen LogP contribution in [0.15, 0.2) is 71.6 Å². The number of carbonyl (C=O) groups excluding carboxylic acids is 1. The van der Waals surface area contributed by atoms with E-state index >= 15 is 0 Å². The van der Waals surface area contributed by atoms with Gasteiger partial charge in [0.1, 0.15) is 0 Å². The Hall–Kier alpha value is -2.90. The monoisotopic (exact) mass is 423 g/mol. The topological polar surface area (TPSA) is 47.4 Å². The fourth-order valence-corrected chi connectivity index (χ4v) is 4.45. The van der Waals surface area contributed by atoms with Gasteiger partial charge in [-0.2, -0.15) is 5.10 Å². The zero-order valence-corrected chi connectivity index (χ0v) is 17.7. The molecule has 0 saturated heterocycles. The van der Waals surface area contributed by atoms with Crippen molar-refractivity contribution in [3.63, 3.8) is 0 Å². The molecular formula is C22H21N3O2S2. The van der Waals surface area contributed by atoms with Gasteiger partial charge in [-0.15, -0.1) is 22.7 Å². The zero-order chi connectivity index (χ0) is 20.1. The molecule has 0 N–H and O–H groups in total. The molecule has 0 aliphatic heterocycles. The quantitative estimate of drug-likeness (QED) is 0.390. The number of aromatic nitrogens is 2. The van der Waals surface area contributed by atoms with Crippen molar-refractivity contribution in [3.05, 3.63) is 87.0 Å². The van der Waals surface area contributed by atoms with Crippen LogP contribution in [0, 0.1) is 0 Å². The highest BCUT2D eigenvalue weighted by atomic mass is 32.1. The van der Waals surface area contributed by atoms with Crippen LogP contribution in [0.2, 0.25) is 0 Å². The highest BCUT2D eigenvalue weighted by Gasteiger charge is 2.25. The second kappa shape index (κ2) is 9.07. The van der Waals surface area contributed by atoms with Gasteiger partial charge in [0.25, 0.3) is 5.91 Å². The maximum Gasteiger partial charge on any atom is 0.278 e. The lowest BCUT2D eigenvalue weighted by Crippen LogP contribution is -2.30. The summed E-state index contributed by atoms with van der Waals surface area (Å²) in [5.41, 5.74) is 1.22. The first-order valence-corrected chi connectivity index (χ1v) is 11.1. The lowest BCUT2D eigenvalue weighted by Gasteiger charge is -2.21. The standard InChI is InChI=1S/C22H21N3O2S2/c1-2-27-20-16-25(17-8-4-3-5-9-17)23-21(20)22(26)24(14-18-10-6-12-28-18)15-19-11-7-13-29-19/h3-13,16H,2,14-15H2,1H3. The molecule has 3 aromatic heterocycles. The molecule has 0 unspecified atom stereocenters. The SMILES string of the molecule is CCOc1cn(-c2ccccc2)nc1C(=O)N(Cc1cccs1)Cc1cccs1. The molecule has 0 spiro atoms. The summed E-state index contributed by atoms with van der Waals surface area (Å²) in [6, 6.07) is 17.8. The maximum absolute atomic E-state index is 13.5. The summed E-state index contributed by atoms with van der Waals surface area (Å²) in [6.45, 7) is 3.45. The van der Waals surface area contributed by atoms with Crippen LogP contribution in [0.5, 0.6) is 5.75 Å². The van der Waals surface area contributed by atoms with Crippen molar-refractivity contribution in [2.75, 3.05) is 6.61 Å². The van der Waals surface area contributed by atoms with Crippen molar-refractivity contribution in [1.82, 2.24) is 14.7 Å². The number of hydrogen-bond acceptors (Lipinski definition) is 5. The highest BCUT2D eigenvalue weighted by molar-refractivity contribution is 7.10. The van der Waals surface area contributed by atoms with E-state index in [-0.39, 0.29) is 5.91 Å². The Labute approximate surface area is 177 Å². The summed E-state index contributed by atoms with van der Waals surface area (Å²) >= 11 is 3.29. The van der Waals surface area contributed by atoms with Gasteiger partial charge in [0.2, 0.25) is 0 Å². The lowest BCUT2D eigenvalue weighted by atomic mass is 10.3. The van der Waals surface area contributed by atoms with Gasteiger partial charge >= 0.3 is 0 Å². The average Bonchev–Trinajstić information content (AvgIpc) is 3.50. The summed E-state index contributed by atoms with van der Waals surface area (Å²) in [7, 11) is 0. The predicted molar refractivity (Wildman–Crippen MR) is 117 cm³/mol. The van der Waals surface area contributed by atoms with E-state index in [0.29, 0.717) is 31.1 Å². The van der Waals surface area contributed by atoms with Crippen LogP contribution in [0.3, 0.4) is 0 Å². The molecule has 3 heterocycles. The predicted octanol–water partition coefficient (Wildman–Crippen LogP) is 5.24. The van der Waals surface area contributed by atoms with E-state index in [1.807, 2.05) is 77.2 Å². The number of amides is 1. The molecule has 0 aliphatic rings. The number of benzene rings is 1. The summed E-state index contributed by atoms with van der Waals surface area (Å²) in [5.74, 6) is 0.369. The van der Waals surface area contributed by atoms with Crippen molar-refractivity contribution in [2.24, 2.45) is 0 Å². The molecule has 4 aromatic rings. The van der Waals surface area contributed by atoms with Crippen LogP contribution in [0.1, 0.15) is 27.2 Å². The van der Waals surface area contributed by atoms with Crippen LogP contribution < -0.4 is 4.74 Å². The molecule has 5 nitrogen and oxygen atoms in total.